The maximum Gasteiger partial charge on any atom is 0.336 e. The number of carbonyl (C=O) groups is 3. The third kappa shape index (κ3) is 3.57. The van der Waals surface area contributed by atoms with Crippen LogP contribution in [0.3, 0.4) is 0 Å². The number of aliphatic carboxylic acids is 1. The van der Waals surface area contributed by atoms with Gasteiger partial charge in [0.05, 0.1) is 6.04 Å². The number of Topliss-reactive ketones (excluding diaryl/α,β-unsaturated/α-hetero) is 1. The van der Waals surface area contributed by atoms with Crippen LogP contribution in [-0.4, -0.2) is 56.6 Å². The fourth-order valence-corrected chi connectivity index (χ4v) is 5.42. The number of hydrogen-bond donors (Lipinski definition) is 3. The first-order valence-corrected chi connectivity index (χ1v) is 10.9. The minimum absolute atomic E-state index is 0.00609. The van der Waals surface area contributed by atoms with Crippen molar-refractivity contribution in [2.45, 2.75) is 64.5 Å². The Kier molecular flexibility index (Phi) is 6.14. The number of carboxylic acids is 1. The summed E-state index contributed by atoms with van der Waals surface area (Å²) >= 11 is 0. The molecule has 1 saturated heterocycles. The maximum atomic E-state index is 13.2. The van der Waals surface area contributed by atoms with E-state index < -0.39 is 41.6 Å². The second-order valence-electron chi connectivity index (χ2n) is 9.53. The zero-order chi connectivity index (χ0) is 22.4. The van der Waals surface area contributed by atoms with Gasteiger partial charge in [-0.25, -0.2) is 4.79 Å². The summed E-state index contributed by atoms with van der Waals surface area (Å²) in [7, 11) is 1.42. The van der Waals surface area contributed by atoms with Crippen LogP contribution in [0.25, 0.3) is 0 Å². The smallest absolute Gasteiger partial charge is 0.336 e. The van der Waals surface area contributed by atoms with Gasteiger partial charge in [0.1, 0.15) is 11.3 Å². The van der Waals surface area contributed by atoms with Crippen molar-refractivity contribution in [1.82, 2.24) is 4.90 Å². The summed E-state index contributed by atoms with van der Waals surface area (Å²) in [6, 6.07) is -1.12. The van der Waals surface area contributed by atoms with Crippen LogP contribution in [0.2, 0.25) is 0 Å². The van der Waals surface area contributed by atoms with Crippen molar-refractivity contribution in [1.29, 1.82) is 0 Å². The predicted molar refractivity (Wildman–Crippen MR) is 111 cm³/mol. The number of amides is 1. The fourth-order valence-electron chi connectivity index (χ4n) is 5.42. The van der Waals surface area contributed by atoms with Crippen molar-refractivity contribution >= 4 is 17.7 Å². The Morgan fingerprint density at radius 2 is 1.83 bits per heavy atom. The van der Waals surface area contributed by atoms with Gasteiger partial charge in [-0.2, -0.15) is 0 Å². The zero-order valence-corrected chi connectivity index (χ0v) is 18.2. The van der Waals surface area contributed by atoms with Gasteiger partial charge in [-0.3, -0.25) is 9.59 Å². The highest BCUT2D eigenvalue weighted by Crippen LogP contribution is 2.46. The number of carbonyl (C=O) groups excluding carboxylic acids is 2. The van der Waals surface area contributed by atoms with Crippen molar-refractivity contribution in [3.63, 3.8) is 0 Å². The number of likely N-dealkylation sites (N-methyl/N-ethyl adjacent to an activating group) is 1. The molecule has 0 radical (unpaired) electrons. The second-order valence-corrected chi connectivity index (χ2v) is 9.53. The largest absolute Gasteiger partial charge is 0.511 e. The highest BCUT2D eigenvalue weighted by atomic mass is 16.4. The first kappa shape index (κ1) is 22.5. The van der Waals surface area contributed by atoms with E-state index in [1.807, 2.05) is 6.92 Å². The number of ketones is 1. The van der Waals surface area contributed by atoms with E-state index in [1.54, 1.807) is 13.8 Å². The van der Waals surface area contributed by atoms with Crippen LogP contribution in [0.5, 0.6) is 0 Å². The second kappa shape index (κ2) is 8.17. The molecule has 1 heterocycles. The van der Waals surface area contributed by atoms with Crippen molar-refractivity contribution in [3.05, 3.63) is 23.5 Å². The lowest BCUT2D eigenvalue weighted by Gasteiger charge is -2.41. The molecule has 7 heteroatoms. The lowest BCUT2D eigenvalue weighted by Crippen LogP contribution is -2.49. The quantitative estimate of drug-likeness (QED) is 0.273. The van der Waals surface area contributed by atoms with E-state index in [0.717, 1.165) is 30.6 Å². The molecule has 3 rings (SSSR count). The highest BCUT2D eigenvalue weighted by molar-refractivity contribution is 6.26. The lowest BCUT2D eigenvalue weighted by molar-refractivity contribution is -0.166. The summed E-state index contributed by atoms with van der Waals surface area (Å²) < 4.78 is 0. The number of allylic oxidation sites excluding steroid dienone is 3. The standard InChI is InChI=1S/C23H33NO6/c1-12(2)23(30,22(28)29)11-16-19(25)18(21(27)24(16)4)20(26)17-13(3)9-10-14-7-5-6-8-15(14)17/h9-10,12-17,26,30H,5-8,11H2,1-4H3,(H,28,29)/b20-18+/t13-,14+,15-,16-,17-,23-/m1/s1. The normalized spacial score (nSPS) is 35.4. The van der Waals surface area contributed by atoms with Gasteiger partial charge in [0.25, 0.3) is 5.91 Å². The maximum absolute atomic E-state index is 13.2. The summed E-state index contributed by atoms with van der Waals surface area (Å²) in [5.41, 5.74) is -2.38. The summed E-state index contributed by atoms with van der Waals surface area (Å²) in [5, 5.41) is 31.3. The Hall–Kier alpha value is -2.15. The highest BCUT2D eigenvalue weighted by Gasteiger charge is 2.52. The number of aliphatic hydroxyl groups is 2. The van der Waals surface area contributed by atoms with Gasteiger partial charge in [0.15, 0.2) is 11.4 Å². The van der Waals surface area contributed by atoms with Crippen LogP contribution in [0.4, 0.5) is 0 Å². The van der Waals surface area contributed by atoms with Crippen LogP contribution in [0, 0.1) is 29.6 Å². The van der Waals surface area contributed by atoms with Crippen molar-refractivity contribution in [2.24, 2.45) is 29.6 Å². The number of likely N-dealkylation sites (tertiary alicyclic amines) is 1. The first-order valence-electron chi connectivity index (χ1n) is 10.9. The van der Waals surface area contributed by atoms with Crippen LogP contribution in [0.1, 0.15) is 52.9 Å². The van der Waals surface area contributed by atoms with Gasteiger partial charge in [-0.1, -0.05) is 45.8 Å². The fraction of sp³-hybridized carbons (Fsp3) is 0.696. The zero-order valence-electron chi connectivity index (χ0n) is 18.2. The molecule has 1 amide bonds. The van der Waals surface area contributed by atoms with Crippen molar-refractivity contribution in [2.75, 3.05) is 7.05 Å². The van der Waals surface area contributed by atoms with E-state index in [9.17, 15) is 29.7 Å². The van der Waals surface area contributed by atoms with Gasteiger partial charge < -0.3 is 20.2 Å². The molecule has 3 aliphatic rings. The number of fused-ring (bicyclic) bond motifs is 1. The van der Waals surface area contributed by atoms with Gasteiger partial charge in [0.2, 0.25) is 0 Å². The monoisotopic (exact) mass is 419 g/mol. The molecule has 6 atom stereocenters. The minimum atomic E-state index is -2.14. The molecule has 0 aromatic carbocycles. The number of rotatable bonds is 5. The van der Waals surface area contributed by atoms with Gasteiger partial charge in [-0.05, 0) is 36.5 Å². The summed E-state index contributed by atoms with van der Waals surface area (Å²) in [6.45, 7) is 5.10. The van der Waals surface area contributed by atoms with E-state index in [-0.39, 0.29) is 29.1 Å². The van der Waals surface area contributed by atoms with Gasteiger partial charge >= 0.3 is 5.97 Å². The third-order valence-electron chi connectivity index (χ3n) is 7.52. The number of carboxylic acid groups (broad SMARTS) is 1. The Labute approximate surface area is 177 Å². The minimum Gasteiger partial charge on any atom is -0.511 e. The Bertz CT molecular complexity index is 800. The van der Waals surface area contributed by atoms with Crippen molar-refractivity contribution in [3.8, 4) is 0 Å². The molecule has 0 aromatic rings. The van der Waals surface area contributed by atoms with Gasteiger partial charge in [-0.15, -0.1) is 0 Å². The molecule has 0 aromatic heterocycles. The third-order valence-corrected chi connectivity index (χ3v) is 7.52. The summed E-state index contributed by atoms with van der Waals surface area (Å²) in [6.07, 6.45) is 8.02. The Balaban J connectivity index is 1.97. The summed E-state index contributed by atoms with van der Waals surface area (Å²) in [5.74, 6) is -3.25. The van der Waals surface area contributed by atoms with E-state index in [2.05, 4.69) is 12.2 Å². The van der Waals surface area contributed by atoms with Crippen LogP contribution in [0.15, 0.2) is 23.5 Å². The molecule has 2 fully saturated rings. The summed E-state index contributed by atoms with van der Waals surface area (Å²) in [4.78, 5) is 39.0. The van der Waals surface area contributed by atoms with Crippen LogP contribution in [-0.2, 0) is 14.4 Å². The molecule has 166 valence electrons. The van der Waals surface area contributed by atoms with E-state index in [4.69, 9.17) is 0 Å². The molecule has 0 unspecified atom stereocenters. The predicted octanol–water partition coefficient (Wildman–Crippen LogP) is 2.70. The Morgan fingerprint density at radius 3 is 2.43 bits per heavy atom. The Morgan fingerprint density at radius 1 is 1.20 bits per heavy atom. The number of aliphatic hydroxyl groups excluding tert-OH is 1. The average Bonchev–Trinajstić information content (AvgIpc) is 2.90. The van der Waals surface area contributed by atoms with Crippen LogP contribution >= 0.6 is 0 Å². The number of nitrogens with zero attached hydrogens (tertiary/aromatic N) is 1. The van der Waals surface area contributed by atoms with Crippen molar-refractivity contribution < 1.29 is 29.7 Å². The molecule has 1 saturated carbocycles. The molecular weight excluding hydrogens is 386 g/mol. The van der Waals surface area contributed by atoms with Crippen LogP contribution < -0.4 is 0 Å². The first-order chi connectivity index (χ1) is 14.0. The average molecular weight is 420 g/mol. The SMILES string of the molecule is CC(C)[C@](O)(C[C@@H]1C(=O)/C(=C(\O)[C@H]2[C@@H]3CCCC[C@H]3C=C[C@H]2C)C(=O)N1C)C(=O)O. The van der Waals surface area contributed by atoms with E-state index in [1.165, 1.54) is 7.05 Å². The molecule has 7 nitrogen and oxygen atoms in total. The number of hydrogen-bond acceptors (Lipinski definition) is 5. The van der Waals surface area contributed by atoms with E-state index in [0.29, 0.717) is 5.92 Å². The topological polar surface area (TPSA) is 115 Å². The molecule has 3 N–H and O–H groups in total. The lowest BCUT2D eigenvalue weighted by atomic mass is 9.64. The molecule has 2 aliphatic carbocycles. The molecule has 0 spiro atoms. The molecule has 30 heavy (non-hydrogen) atoms. The van der Waals surface area contributed by atoms with Gasteiger partial charge in [0, 0.05) is 19.4 Å². The molecule has 1 aliphatic heterocycles. The molecule has 0 bridgehead atoms. The van der Waals surface area contributed by atoms with E-state index >= 15 is 0 Å². The molecular formula is C23H33NO6.